The van der Waals surface area contributed by atoms with Crippen LogP contribution >= 0.6 is 39.3 Å². The van der Waals surface area contributed by atoms with Crippen LogP contribution in [0.5, 0.6) is 5.75 Å². The number of imide groups is 1. The largest absolute Gasteiger partial charge is 0.488 e. The molecule has 1 aliphatic heterocycles. The molecule has 1 fully saturated rings. The van der Waals surface area contributed by atoms with Crippen LogP contribution in [0.4, 0.5) is 14.9 Å². The number of hydrogen-bond acceptors (Lipinski definition) is 7. The van der Waals surface area contributed by atoms with Gasteiger partial charge in [0.2, 0.25) is 5.91 Å². The number of benzene rings is 3. The highest BCUT2D eigenvalue weighted by atomic mass is 79.9. The Kier molecular flexibility index (Phi) is 9.05. The molecule has 1 saturated heterocycles. The quantitative estimate of drug-likeness (QED) is 0.230. The number of nitrogens with one attached hydrogen (secondary N) is 1. The lowest BCUT2D eigenvalue weighted by Crippen LogP contribution is -2.36. The normalized spacial score (nSPS) is 14.1. The summed E-state index contributed by atoms with van der Waals surface area (Å²) in [5, 5.41) is 2.10. The molecule has 3 aromatic rings. The Bertz CT molecular complexity index is 1500. The summed E-state index contributed by atoms with van der Waals surface area (Å²) in [6.45, 7) is -0.281. The van der Waals surface area contributed by atoms with Crippen LogP contribution in [0.1, 0.15) is 21.5 Å². The molecule has 12 heteroatoms. The third-order valence-electron chi connectivity index (χ3n) is 5.39. The fourth-order valence-electron chi connectivity index (χ4n) is 3.47. The number of anilines is 1. The average Bonchev–Trinajstić information content (AvgIpc) is 3.17. The van der Waals surface area contributed by atoms with E-state index in [2.05, 4.69) is 26.0 Å². The van der Waals surface area contributed by atoms with E-state index in [0.29, 0.717) is 15.8 Å². The van der Waals surface area contributed by atoms with E-state index >= 15 is 0 Å². The number of amides is 3. The molecule has 0 aliphatic carbocycles. The first kappa shape index (κ1) is 28.3. The molecule has 0 spiro atoms. The summed E-state index contributed by atoms with van der Waals surface area (Å²) in [7, 11) is 1.20. The lowest BCUT2D eigenvalue weighted by molar-refractivity contribution is -0.127. The second kappa shape index (κ2) is 12.5. The van der Waals surface area contributed by atoms with Gasteiger partial charge in [-0.25, -0.2) is 9.18 Å². The number of esters is 1. The molecule has 1 aliphatic rings. The molecule has 0 saturated carbocycles. The Morgan fingerprint density at radius 1 is 1.10 bits per heavy atom. The van der Waals surface area contributed by atoms with Crippen LogP contribution in [0, 0.1) is 5.82 Å². The van der Waals surface area contributed by atoms with Gasteiger partial charge in [0.1, 0.15) is 24.7 Å². The Hall–Kier alpha value is -3.67. The summed E-state index contributed by atoms with van der Waals surface area (Å²) >= 11 is 10.1. The predicted octanol–water partition coefficient (Wildman–Crippen LogP) is 6.28. The predicted molar refractivity (Wildman–Crippen MR) is 149 cm³/mol. The van der Waals surface area contributed by atoms with Crippen LogP contribution in [0.15, 0.2) is 70.0 Å². The van der Waals surface area contributed by atoms with Gasteiger partial charge in [0, 0.05) is 5.69 Å². The minimum atomic E-state index is -0.675. The van der Waals surface area contributed by atoms with Gasteiger partial charge in [0.15, 0.2) is 0 Å². The topological polar surface area (TPSA) is 102 Å². The van der Waals surface area contributed by atoms with Crippen LogP contribution in [0.25, 0.3) is 6.08 Å². The van der Waals surface area contributed by atoms with Crippen molar-refractivity contribution in [3.8, 4) is 5.75 Å². The number of carbonyl (C=O) groups is 4. The van der Waals surface area contributed by atoms with E-state index in [9.17, 15) is 23.6 Å². The van der Waals surface area contributed by atoms with Crippen molar-refractivity contribution in [1.29, 1.82) is 0 Å². The van der Waals surface area contributed by atoms with Gasteiger partial charge in [-0.05, 0) is 87.4 Å². The first-order valence-corrected chi connectivity index (χ1v) is 13.2. The minimum absolute atomic E-state index is 0.0594. The zero-order valence-corrected chi connectivity index (χ0v) is 23.4. The van der Waals surface area contributed by atoms with Gasteiger partial charge >= 0.3 is 5.97 Å². The molecule has 1 N–H and O–H groups in total. The molecular weight excluding hydrogens is 615 g/mol. The Morgan fingerprint density at radius 3 is 2.54 bits per heavy atom. The fourth-order valence-corrected chi connectivity index (χ4v) is 5.01. The second-order valence-corrected chi connectivity index (χ2v) is 10.4. The van der Waals surface area contributed by atoms with Gasteiger partial charge in [-0.15, -0.1) is 0 Å². The van der Waals surface area contributed by atoms with Gasteiger partial charge < -0.3 is 14.8 Å². The average molecular weight is 634 g/mol. The zero-order chi connectivity index (χ0) is 28.1. The zero-order valence-electron chi connectivity index (χ0n) is 20.2. The monoisotopic (exact) mass is 632 g/mol. The molecule has 0 aromatic heterocycles. The molecule has 39 heavy (non-hydrogen) atoms. The summed E-state index contributed by atoms with van der Waals surface area (Å²) < 4.78 is 24.1. The molecule has 0 bridgehead atoms. The van der Waals surface area contributed by atoms with Crippen LogP contribution in [-0.4, -0.2) is 41.6 Å². The van der Waals surface area contributed by atoms with Gasteiger partial charge in [-0.2, -0.15) is 0 Å². The summed E-state index contributed by atoms with van der Waals surface area (Å²) in [4.78, 5) is 50.7. The fraction of sp³-hybridized carbons (Fsp3) is 0.111. The van der Waals surface area contributed by atoms with E-state index in [1.54, 1.807) is 36.4 Å². The van der Waals surface area contributed by atoms with E-state index in [1.807, 2.05) is 0 Å². The van der Waals surface area contributed by atoms with Crippen molar-refractivity contribution in [2.75, 3.05) is 19.0 Å². The molecule has 1 heterocycles. The number of halogens is 3. The standard InChI is InChI=1S/C27H19BrClFN2O6S/c1-37-26(35)19-12-18(7-8-21(19)29)31-24(33)13-32-25(34)23(39-27(32)36)11-16-4-9-22(20(28)10-16)38-14-15-2-5-17(30)6-3-15/h2-12H,13-14H2,1H3,(H,31,33)/b23-11-. The number of carbonyl (C=O) groups excluding carboxylic acids is 4. The van der Waals surface area contributed by atoms with Crippen LogP contribution in [-0.2, 0) is 20.9 Å². The van der Waals surface area contributed by atoms with Gasteiger partial charge in [0.25, 0.3) is 11.1 Å². The highest BCUT2D eigenvalue weighted by Crippen LogP contribution is 2.34. The maximum absolute atomic E-state index is 13.1. The summed E-state index contributed by atoms with van der Waals surface area (Å²) in [6.07, 6.45) is 1.54. The van der Waals surface area contributed by atoms with Crippen molar-refractivity contribution in [2.24, 2.45) is 0 Å². The molecule has 0 radical (unpaired) electrons. The molecular formula is C27H19BrClFN2O6S. The van der Waals surface area contributed by atoms with E-state index in [4.69, 9.17) is 16.3 Å². The first-order valence-electron chi connectivity index (χ1n) is 11.2. The number of thioether (sulfide) groups is 1. The summed E-state index contributed by atoms with van der Waals surface area (Å²) in [5.74, 6) is -1.71. The number of hydrogen-bond donors (Lipinski definition) is 1. The highest BCUT2D eigenvalue weighted by Gasteiger charge is 2.36. The Morgan fingerprint density at radius 2 is 1.85 bits per heavy atom. The third-order valence-corrected chi connectivity index (χ3v) is 7.25. The summed E-state index contributed by atoms with van der Waals surface area (Å²) in [5.41, 5.74) is 1.73. The molecule has 200 valence electrons. The van der Waals surface area contributed by atoms with E-state index < -0.39 is 29.6 Å². The molecule has 0 atom stereocenters. The van der Waals surface area contributed by atoms with Crippen molar-refractivity contribution < 1.29 is 33.0 Å². The molecule has 3 aromatic carbocycles. The van der Waals surface area contributed by atoms with Crippen molar-refractivity contribution in [1.82, 2.24) is 4.90 Å². The Labute approximate surface area is 240 Å². The van der Waals surface area contributed by atoms with E-state index in [-0.39, 0.29) is 33.6 Å². The van der Waals surface area contributed by atoms with Crippen LogP contribution < -0.4 is 10.1 Å². The van der Waals surface area contributed by atoms with Gasteiger partial charge in [-0.3, -0.25) is 19.3 Å². The van der Waals surface area contributed by atoms with Crippen LogP contribution in [0.3, 0.4) is 0 Å². The first-order chi connectivity index (χ1) is 18.6. The maximum Gasteiger partial charge on any atom is 0.339 e. The number of rotatable bonds is 8. The number of methoxy groups -OCH3 is 1. The van der Waals surface area contributed by atoms with Gasteiger partial charge in [0.05, 0.1) is 27.1 Å². The molecule has 8 nitrogen and oxygen atoms in total. The summed E-state index contributed by atoms with van der Waals surface area (Å²) in [6, 6.07) is 15.3. The smallest absolute Gasteiger partial charge is 0.339 e. The lowest BCUT2D eigenvalue weighted by Gasteiger charge is -2.13. The second-order valence-electron chi connectivity index (χ2n) is 8.11. The maximum atomic E-state index is 13.1. The SMILES string of the molecule is COC(=O)c1cc(NC(=O)CN2C(=O)S/C(=C\c3ccc(OCc4ccc(F)cc4)c(Br)c3)C2=O)ccc1Cl. The van der Waals surface area contributed by atoms with Gasteiger partial charge in [-0.1, -0.05) is 29.8 Å². The van der Waals surface area contributed by atoms with E-state index in [0.717, 1.165) is 22.2 Å². The van der Waals surface area contributed by atoms with Crippen LogP contribution in [0.2, 0.25) is 5.02 Å². The van der Waals surface area contributed by atoms with Crippen molar-refractivity contribution in [3.05, 3.63) is 97.6 Å². The van der Waals surface area contributed by atoms with Crippen molar-refractivity contribution >= 4 is 74.1 Å². The molecule has 3 amide bonds. The lowest BCUT2D eigenvalue weighted by atomic mass is 10.2. The third kappa shape index (κ3) is 7.05. The highest BCUT2D eigenvalue weighted by molar-refractivity contribution is 9.10. The molecule has 0 unspecified atom stereocenters. The van der Waals surface area contributed by atoms with Crippen molar-refractivity contribution in [3.63, 3.8) is 0 Å². The number of nitrogens with zero attached hydrogens (tertiary/aromatic N) is 1. The number of ether oxygens (including phenoxy) is 2. The minimum Gasteiger partial charge on any atom is -0.488 e. The van der Waals surface area contributed by atoms with Crippen molar-refractivity contribution in [2.45, 2.75) is 6.61 Å². The van der Waals surface area contributed by atoms with E-state index in [1.165, 1.54) is 37.4 Å². The molecule has 4 rings (SSSR count). The Balaban J connectivity index is 1.39.